The van der Waals surface area contributed by atoms with Crippen LogP contribution in [0.5, 0.6) is 0 Å². The van der Waals surface area contributed by atoms with E-state index in [2.05, 4.69) is 9.97 Å². The van der Waals surface area contributed by atoms with Gasteiger partial charge in [0.1, 0.15) is 0 Å². The first kappa shape index (κ1) is 9.00. The fraction of sp³-hybridized carbons (Fsp3) is 0.600. The van der Waals surface area contributed by atoms with E-state index in [-0.39, 0.29) is 0 Å². The number of nitrogens with zero attached hydrogens (tertiary/aromatic N) is 2. The van der Waals surface area contributed by atoms with E-state index in [4.69, 9.17) is 0 Å². The van der Waals surface area contributed by atoms with Crippen molar-refractivity contribution in [3.05, 3.63) is 18.0 Å². The monoisotopic (exact) mass is 194 g/mol. The summed E-state index contributed by atoms with van der Waals surface area (Å²) in [7, 11) is 0. The lowest BCUT2D eigenvalue weighted by atomic mass is 10.4. The molecule has 0 aliphatic heterocycles. The fourth-order valence-corrected chi connectivity index (χ4v) is 2.69. The van der Waals surface area contributed by atoms with Crippen LogP contribution in [0, 0.1) is 6.92 Å². The second-order valence-electron chi connectivity index (χ2n) is 3.57. The number of aromatic nitrogens is 2. The van der Waals surface area contributed by atoms with E-state index >= 15 is 0 Å². The Balaban J connectivity index is 1.97. The molecule has 1 aromatic rings. The summed E-state index contributed by atoms with van der Waals surface area (Å²) in [6.45, 7) is 2.02. The number of aryl methyl sites for hydroxylation is 1. The molecule has 0 N–H and O–H groups in total. The normalized spacial score (nSPS) is 17.9. The number of hydrogen-bond acceptors (Lipinski definition) is 3. The van der Waals surface area contributed by atoms with E-state index in [0.717, 1.165) is 16.0 Å². The molecular weight excluding hydrogens is 180 g/mol. The zero-order valence-corrected chi connectivity index (χ0v) is 8.68. The highest BCUT2D eigenvalue weighted by Gasteiger charge is 2.16. The standard InChI is InChI=1S/C10H14N2S/c1-8-6-11-10(12-7-8)13-9-4-2-3-5-9/h6-7,9H,2-5H2,1H3. The van der Waals surface area contributed by atoms with Crippen molar-refractivity contribution in [2.75, 3.05) is 0 Å². The van der Waals surface area contributed by atoms with Gasteiger partial charge in [-0.05, 0) is 25.3 Å². The quantitative estimate of drug-likeness (QED) is 0.677. The van der Waals surface area contributed by atoms with Crippen LogP contribution in [-0.2, 0) is 0 Å². The second-order valence-corrected chi connectivity index (χ2v) is 4.83. The average molecular weight is 194 g/mol. The largest absolute Gasteiger partial charge is 0.231 e. The van der Waals surface area contributed by atoms with Gasteiger partial charge >= 0.3 is 0 Å². The van der Waals surface area contributed by atoms with Crippen LogP contribution in [0.3, 0.4) is 0 Å². The maximum atomic E-state index is 4.29. The Morgan fingerprint density at radius 2 is 1.85 bits per heavy atom. The summed E-state index contributed by atoms with van der Waals surface area (Å²) in [6.07, 6.45) is 9.21. The van der Waals surface area contributed by atoms with Crippen LogP contribution in [0.4, 0.5) is 0 Å². The van der Waals surface area contributed by atoms with Gasteiger partial charge in [-0.1, -0.05) is 24.6 Å². The number of rotatable bonds is 2. The first-order chi connectivity index (χ1) is 6.34. The van der Waals surface area contributed by atoms with E-state index in [1.165, 1.54) is 25.7 Å². The lowest BCUT2D eigenvalue weighted by molar-refractivity contribution is 0.881. The van der Waals surface area contributed by atoms with Gasteiger partial charge in [-0.25, -0.2) is 9.97 Å². The Morgan fingerprint density at radius 3 is 2.46 bits per heavy atom. The minimum Gasteiger partial charge on any atom is -0.231 e. The third-order valence-corrected chi connectivity index (χ3v) is 3.56. The lowest BCUT2D eigenvalue weighted by Crippen LogP contribution is -1.96. The van der Waals surface area contributed by atoms with E-state index < -0.39 is 0 Å². The molecule has 1 heterocycles. The zero-order valence-electron chi connectivity index (χ0n) is 7.86. The molecule has 0 spiro atoms. The summed E-state index contributed by atoms with van der Waals surface area (Å²) < 4.78 is 0. The van der Waals surface area contributed by atoms with Crippen LogP contribution >= 0.6 is 11.8 Å². The van der Waals surface area contributed by atoms with E-state index in [1.54, 1.807) is 0 Å². The third-order valence-electron chi connectivity index (χ3n) is 2.33. The molecule has 13 heavy (non-hydrogen) atoms. The molecule has 1 aromatic heterocycles. The molecule has 70 valence electrons. The van der Waals surface area contributed by atoms with E-state index in [0.29, 0.717) is 0 Å². The minimum absolute atomic E-state index is 0.766. The highest BCUT2D eigenvalue weighted by Crippen LogP contribution is 2.32. The summed E-state index contributed by atoms with van der Waals surface area (Å²) in [6, 6.07) is 0. The summed E-state index contributed by atoms with van der Waals surface area (Å²) in [5.74, 6) is 0. The molecule has 0 bridgehead atoms. The Bertz CT molecular complexity index is 265. The van der Waals surface area contributed by atoms with Crippen molar-refractivity contribution in [2.24, 2.45) is 0 Å². The molecule has 3 heteroatoms. The molecule has 0 unspecified atom stereocenters. The Morgan fingerprint density at radius 1 is 1.23 bits per heavy atom. The lowest BCUT2D eigenvalue weighted by Gasteiger charge is -2.05. The van der Waals surface area contributed by atoms with Crippen molar-refractivity contribution in [2.45, 2.75) is 43.0 Å². The Hall–Kier alpha value is -0.570. The van der Waals surface area contributed by atoms with Gasteiger partial charge < -0.3 is 0 Å². The van der Waals surface area contributed by atoms with E-state index in [1.807, 2.05) is 31.1 Å². The van der Waals surface area contributed by atoms with Crippen LogP contribution in [-0.4, -0.2) is 15.2 Å². The summed E-state index contributed by atoms with van der Waals surface area (Å²) in [4.78, 5) is 8.59. The predicted molar refractivity (Wildman–Crippen MR) is 54.9 cm³/mol. The summed E-state index contributed by atoms with van der Waals surface area (Å²) in [5, 5.41) is 1.71. The maximum absolute atomic E-state index is 4.29. The van der Waals surface area contributed by atoms with Crippen LogP contribution in [0.25, 0.3) is 0 Å². The molecule has 0 radical (unpaired) electrons. The predicted octanol–water partition coefficient (Wildman–Crippen LogP) is 2.82. The zero-order chi connectivity index (χ0) is 9.10. The fourth-order valence-electron chi connectivity index (χ4n) is 1.60. The summed E-state index contributed by atoms with van der Waals surface area (Å²) in [5.41, 5.74) is 1.13. The van der Waals surface area contributed by atoms with Crippen LogP contribution in [0.2, 0.25) is 0 Å². The van der Waals surface area contributed by atoms with Crippen molar-refractivity contribution in [1.82, 2.24) is 9.97 Å². The molecule has 0 amide bonds. The van der Waals surface area contributed by atoms with Gasteiger partial charge in [0.25, 0.3) is 0 Å². The minimum atomic E-state index is 0.766. The van der Waals surface area contributed by atoms with E-state index in [9.17, 15) is 0 Å². The van der Waals surface area contributed by atoms with Crippen molar-refractivity contribution in [3.8, 4) is 0 Å². The Kier molecular flexibility index (Phi) is 2.83. The van der Waals surface area contributed by atoms with Gasteiger partial charge in [0.2, 0.25) is 0 Å². The molecular formula is C10H14N2S. The molecule has 1 aliphatic carbocycles. The second kappa shape index (κ2) is 4.09. The van der Waals surface area contributed by atoms with Gasteiger partial charge in [0, 0.05) is 17.6 Å². The first-order valence-corrected chi connectivity index (χ1v) is 5.68. The molecule has 2 rings (SSSR count). The van der Waals surface area contributed by atoms with Crippen molar-refractivity contribution in [1.29, 1.82) is 0 Å². The van der Waals surface area contributed by atoms with Gasteiger partial charge in [-0.15, -0.1) is 0 Å². The van der Waals surface area contributed by atoms with Gasteiger partial charge in [-0.3, -0.25) is 0 Å². The van der Waals surface area contributed by atoms with Gasteiger partial charge in [0.15, 0.2) is 5.16 Å². The summed E-state index contributed by atoms with van der Waals surface area (Å²) >= 11 is 1.84. The van der Waals surface area contributed by atoms with Crippen molar-refractivity contribution in [3.63, 3.8) is 0 Å². The third kappa shape index (κ3) is 2.44. The topological polar surface area (TPSA) is 25.8 Å². The van der Waals surface area contributed by atoms with Crippen LogP contribution < -0.4 is 0 Å². The van der Waals surface area contributed by atoms with Crippen LogP contribution in [0.1, 0.15) is 31.2 Å². The molecule has 0 atom stereocenters. The van der Waals surface area contributed by atoms with Crippen molar-refractivity contribution >= 4 is 11.8 Å². The van der Waals surface area contributed by atoms with Gasteiger partial charge in [0.05, 0.1) is 0 Å². The average Bonchev–Trinajstić information content (AvgIpc) is 2.62. The maximum Gasteiger partial charge on any atom is 0.187 e. The molecule has 1 aliphatic rings. The highest BCUT2D eigenvalue weighted by molar-refractivity contribution is 7.99. The SMILES string of the molecule is Cc1cnc(SC2CCCC2)nc1. The molecule has 0 saturated heterocycles. The molecule has 0 aromatic carbocycles. The van der Waals surface area contributed by atoms with Gasteiger partial charge in [-0.2, -0.15) is 0 Å². The van der Waals surface area contributed by atoms with Crippen LogP contribution in [0.15, 0.2) is 17.6 Å². The first-order valence-electron chi connectivity index (χ1n) is 4.80. The van der Waals surface area contributed by atoms with Crippen molar-refractivity contribution < 1.29 is 0 Å². The number of hydrogen-bond donors (Lipinski definition) is 0. The Labute approximate surface area is 83.2 Å². The number of thioether (sulfide) groups is 1. The molecule has 2 nitrogen and oxygen atoms in total. The smallest absolute Gasteiger partial charge is 0.187 e. The highest BCUT2D eigenvalue weighted by atomic mass is 32.2. The molecule has 1 fully saturated rings. The molecule has 1 saturated carbocycles.